The minimum absolute atomic E-state index is 0.0492. The van der Waals surface area contributed by atoms with E-state index >= 15 is 0 Å². The van der Waals surface area contributed by atoms with Crippen molar-refractivity contribution in [3.8, 4) is 5.69 Å². The highest BCUT2D eigenvalue weighted by atomic mass is 16.2. The van der Waals surface area contributed by atoms with Crippen LogP contribution in [-0.4, -0.2) is 21.6 Å². The molecule has 2 N–H and O–H groups in total. The highest BCUT2D eigenvalue weighted by Gasteiger charge is 2.18. The van der Waals surface area contributed by atoms with Crippen LogP contribution in [0.15, 0.2) is 59.4 Å². The normalized spacial score (nSPS) is 10.7. The largest absolute Gasteiger partial charge is 0.290 e. The number of aromatic nitrogens is 2. The Kier molecular flexibility index (Phi) is 4.79. The molecule has 0 fully saturated rings. The Bertz CT molecular complexity index is 1030. The molecule has 132 valence electrons. The molecule has 7 heteroatoms. The number of nitrogens with zero attached hydrogens (tertiary/aromatic N) is 2. The Balaban J connectivity index is 2.10. The Morgan fingerprint density at radius 2 is 1.54 bits per heavy atom. The van der Waals surface area contributed by atoms with Gasteiger partial charge in [0, 0.05) is 11.3 Å². The number of rotatable bonds is 3. The second-order valence-electron chi connectivity index (χ2n) is 6.04. The lowest BCUT2D eigenvalue weighted by Crippen LogP contribution is -2.44. The number of fused-ring (bicyclic) bond motifs is 1. The molecule has 0 spiro atoms. The molecule has 26 heavy (non-hydrogen) atoms. The third-order valence-electron chi connectivity index (χ3n) is 3.84. The van der Waals surface area contributed by atoms with E-state index in [1.54, 1.807) is 62.4 Å². The number of benzene rings is 2. The van der Waals surface area contributed by atoms with E-state index in [2.05, 4.69) is 16.0 Å². The lowest BCUT2D eigenvalue weighted by Gasteiger charge is -2.12. The van der Waals surface area contributed by atoms with Crippen LogP contribution in [0.3, 0.4) is 0 Å². The number of amides is 2. The second kappa shape index (κ2) is 7.18. The topological polar surface area (TPSA) is 93.1 Å². The fourth-order valence-electron chi connectivity index (χ4n) is 2.42. The van der Waals surface area contributed by atoms with E-state index in [1.807, 2.05) is 6.07 Å². The summed E-state index contributed by atoms with van der Waals surface area (Å²) in [6.45, 7) is 3.43. The quantitative estimate of drug-likeness (QED) is 0.705. The van der Waals surface area contributed by atoms with Crippen LogP contribution in [0.4, 0.5) is 0 Å². The van der Waals surface area contributed by atoms with Gasteiger partial charge in [-0.3, -0.25) is 25.2 Å². The Morgan fingerprint density at radius 1 is 0.923 bits per heavy atom. The first kappa shape index (κ1) is 17.3. The minimum Gasteiger partial charge on any atom is -0.273 e. The van der Waals surface area contributed by atoms with Crippen molar-refractivity contribution in [3.05, 3.63) is 70.6 Å². The summed E-state index contributed by atoms with van der Waals surface area (Å²) < 4.78 is 1.18. The summed E-state index contributed by atoms with van der Waals surface area (Å²) in [6.07, 6.45) is 0. The van der Waals surface area contributed by atoms with Crippen molar-refractivity contribution < 1.29 is 9.59 Å². The summed E-state index contributed by atoms with van der Waals surface area (Å²) in [5, 5.41) is 5.02. The maximum atomic E-state index is 12.8. The van der Waals surface area contributed by atoms with Crippen LogP contribution >= 0.6 is 0 Å². The molecule has 0 radical (unpaired) electrons. The van der Waals surface area contributed by atoms with Crippen LogP contribution in [0.1, 0.15) is 24.3 Å². The third-order valence-corrected chi connectivity index (χ3v) is 3.84. The van der Waals surface area contributed by atoms with E-state index in [0.717, 1.165) is 0 Å². The van der Waals surface area contributed by atoms with Gasteiger partial charge in [0.1, 0.15) is 0 Å². The van der Waals surface area contributed by atoms with Gasteiger partial charge < -0.3 is 0 Å². The van der Waals surface area contributed by atoms with Gasteiger partial charge in [-0.2, -0.15) is 9.78 Å². The second-order valence-corrected chi connectivity index (χ2v) is 6.04. The lowest BCUT2D eigenvalue weighted by atomic mass is 10.1. The molecule has 7 nitrogen and oxygen atoms in total. The predicted molar refractivity (Wildman–Crippen MR) is 97.8 cm³/mol. The molecule has 0 unspecified atom stereocenters. The van der Waals surface area contributed by atoms with E-state index in [-0.39, 0.29) is 23.1 Å². The molecular formula is C19H18N4O3. The molecule has 0 atom stereocenters. The third kappa shape index (κ3) is 3.32. The van der Waals surface area contributed by atoms with Crippen molar-refractivity contribution in [2.75, 3.05) is 0 Å². The van der Waals surface area contributed by atoms with E-state index < -0.39 is 5.91 Å². The Hall–Kier alpha value is -3.48. The first-order valence-electron chi connectivity index (χ1n) is 8.16. The summed E-state index contributed by atoms with van der Waals surface area (Å²) in [4.78, 5) is 37.0. The van der Waals surface area contributed by atoms with Crippen molar-refractivity contribution in [3.63, 3.8) is 0 Å². The molecular weight excluding hydrogens is 332 g/mol. The molecule has 0 aliphatic heterocycles. The van der Waals surface area contributed by atoms with Crippen LogP contribution in [0, 0.1) is 5.92 Å². The number of hydrogen-bond acceptors (Lipinski definition) is 4. The van der Waals surface area contributed by atoms with Crippen LogP contribution in [0.5, 0.6) is 0 Å². The van der Waals surface area contributed by atoms with E-state index in [1.165, 1.54) is 4.68 Å². The molecule has 0 saturated carbocycles. The summed E-state index contributed by atoms with van der Waals surface area (Å²) >= 11 is 0. The number of para-hydroxylation sites is 1. The van der Waals surface area contributed by atoms with Crippen molar-refractivity contribution in [1.29, 1.82) is 0 Å². The molecule has 0 aliphatic rings. The molecule has 2 amide bonds. The van der Waals surface area contributed by atoms with Gasteiger partial charge in [-0.25, -0.2) is 0 Å². The maximum Gasteiger partial charge on any atom is 0.290 e. The SMILES string of the molecule is CC(C)C(=O)NNC(=O)c1nn(-c2ccccc2)c(=O)c2ccccc12. The molecule has 1 heterocycles. The van der Waals surface area contributed by atoms with Crippen molar-refractivity contribution in [1.82, 2.24) is 20.6 Å². The number of carbonyl (C=O) groups is 2. The Labute approximate surface area is 149 Å². The highest BCUT2D eigenvalue weighted by molar-refractivity contribution is 6.05. The number of hydrogen-bond donors (Lipinski definition) is 2. The molecule has 2 aromatic carbocycles. The van der Waals surface area contributed by atoms with Gasteiger partial charge in [0.25, 0.3) is 11.5 Å². The van der Waals surface area contributed by atoms with Gasteiger partial charge in [0.15, 0.2) is 5.69 Å². The number of hydrazine groups is 1. The molecule has 0 bridgehead atoms. The first-order valence-corrected chi connectivity index (χ1v) is 8.16. The van der Waals surface area contributed by atoms with Gasteiger partial charge in [-0.05, 0) is 18.2 Å². The van der Waals surface area contributed by atoms with E-state index in [0.29, 0.717) is 16.5 Å². The summed E-state index contributed by atoms with van der Waals surface area (Å²) in [5.41, 5.74) is 4.98. The van der Waals surface area contributed by atoms with E-state index in [4.69, 9.17) is 0 Å². The predicted octanol–water partition coefficient (Wildman–Crippen LogP) is 1.80. The first-order chi connectivity index (χ1) is 12.5. The summed E-state index contributed by atoms with van der Waals surface area (Å²) in [7, 11) is 0. The molecule has 3 rings (SSSR count). The smallest absolute Gasteiger partial charge is 0.273 e. The molecule has 3 aromatic rings. The highest BCUT2D eigenvalue weighted by Crippen LogP contribution is 2.15. The average Bonchev–Trinajstić information content (AvgIpc) is 2.67. The molecule has 1 aromatic heterocycles. The van der Waals surface area contributed by atoms with Gasteiger partial charge in [-0.1, -0.05) is 50.2 Å². The van der Waals surface area contributed by atoms with Crippen LogP contribution < -0.4 is 16.4 Å². The Morgan fingerprint density at radius 3 is 2.19 bits per heavy atom. The fraction of sp³-hybridized carbons (Fsp3) is 0.158. The van der Waals surface area contributed by atoms with Crippen LogP contribution in [-0.2, 0) is 4.79 Å². The van der Waals surface area contributed by atoms with Crippen molar-refractivity contribution >= 4 is 22.6 Å². The average molecular weight is 350 g/mol. The molecule has 0 aliphatic carbocycles. The standard InChI is InChI=1S/C19H18N4O3/c1-12(2)17(24)20-21-18(25)16-14-10-6-7-11-15(14)19(26)23(22-16)13-8-4-3-5-9-13/h3-12H,1-2H3,(H,20,24)(H,21,25). The monoisotopic (exact) mass is 350 g/mol. The fourth-order valence-corrected chi connectivity index (χ4v) is 2.42. The van der Waals surface area contributed by atoms with Crippen molar-refractivity contribution in [2.45, 2.75) is 13.8 Å². The summed E-state index contributed by atoms with van der Waals surface area (Å²) in [5.74, 6) is -1.20. The summed E-state index contributed by atoms with van der Waals surface area (Å²) in [6, 6.07) is 15.6. The van der Waals surface area contributed by atoms with Gasteiger partial charge in [0.05, 0.1) is 11.1 Å². The van der Waals surface area contributed by atoms with Crippen LogP contribution in [0.2, 0.25) is 0 Å². The van der Waals surface area contributed by atoms with E-state index in [9.17, 15) is 14.4 Å². The van der Waals surface area contributed by atoms with Crippen LogP contribution in [0.25, 0.3) is 16.5 Å². The zero-order chi connectivity index (χ0) is 18.7. The number of carbonyl (C=O) groups excluding carboxylic acids is 2. The van der Waals surface area contributed by atoms with Crippen molar-refractivity contribution in [2.24, 2.45) is 5.92 Å². The van der Waals surface area contributed by atoms with Gasteiger partial charge in [0.2, 0.25) is 5.91 Å². The minimum atomic E-state index is -0.597. The maximum absolute atomic E-state index is 12.8. The van der Waals surface area contributed by atoms with Gasteiger partial charge >= 0.3 is 0 Å². The van der Waals surface area contributed by atoms with Gasteiger partial charge in [-0.15, -0.1) is 0 Å². The zero-order valence-corrected chi connectivity index (χ0v) is 14.4. The zero-order valence-electron chi connectivity index (χ0n) is 14.4. The number of nitrogens with one attached hydrogen (secondary N) is 2. The lowest BCUT2D eigenvalue weighted by molar-refractivity contribution is -0.124. The molecule has 0 saturated heterocycles.